The van der Waals surface area contributed by atoms with Crippen molar-refractivity contribution in [1.82, 2.24) is 5.43 Å². The van der Waals surface area contributed by atoms with Crippen LogP contribution in [0.15, 0.2) is 101 Å². The minimum Gasteiger partial charge on any atom is -0.493 e. The van der Waals surface area contributed by atoms with Crippen molar-refractivity contribution in [2.24, 2.45) is 5.10 Å². The van der Waals surface area contributed by atoms with Crippen LogP contribution in [0.4, 0.5) is 5.69 Å². The van der Waals surface area contributed by atoms with Gasteiger partial charge in [-0.3, -0.25) is 9.10 Å². The summed E-state index contributed by atoms with van der Waals surface area (Å²) in [6.45, 7) is 0.464. The molecule has 0 saturated carbocycles. The summed E-state index contributed by atoms with van der Waals surface area (Å²) in [6, 6.07) is 26.4. The van der Waals surface area contributed by atoms with Crippen LogP contribution in [0.2, 0.25) is 5.02 Å². The first-order valence-electron chi connectivity index (χ1n) is 12.3. The lowest BCUT2D eigenvalue weighted by molar-refractivity contribution is 0.0955. The quantitative estimate of drug-likeness (QED) is 0.149. The fraction of sp³-hybridized carbons (Fsp3) is 0.133. The average molecular weight is 657 g/mol. The van der Waals surface area contributed by atoms with E-state index in [1.165, 1.54) is 17.6 Å². The lowest BCUT2D eigenvalue weighted by Gasteiger charge is -2.22. The van der Waals surface area contributed by atoms with Crippen LogP contribution in [0.25, 0.3) is 0 Å². The summed E-state index contributed by atoms with van der Waals surface area (Å²) in [6.07, 6.45) is 2.66. The van der Waals surface area contributed by atoms with Gasteiger partial charge < -0.3 is 9.47 Å². The van der Waals surface area contributed by atoms with E-state index < -0.39 is 15.9 Å². The number of benzene rings is 4. The molecule has 11 heteroatoms. The van der Waals surface area contributed by atoms with E-state index >= 15 is 0 Å². The van der Waals surface area contributed by atoms with Gasteiger partial charge in [0.15, 0.2) is 11.5 Å². The van der Waals surface area contributed by atoms with Crippen molar-refractivity contribution in [2.75, 3.05) is 17.7 Å². The highest BCUT2D eigenvalue weighted by atomic mass is 79.9. The van der Waals surface area contributed by atoms with E-state index in [2.05, 4.69) is 26.5 Å². The molecule has 0 spiro atoms. The number of carbonyl (C=O) groups excluding carboxylic acids is 1. The summed E-state index contributed by atoms with van der Waals surface area (Å²) < 4.78 is 38.1. The van der Waals surface area contributed by atoms with E-state index in [0.29, 0.717) is 44.4 Å². The number of ether oxygens (including phenoxy) is 2. The molecule has 0 aliphatic rings. The third-order valence-corrected chi connectivity index (χ3v) is 7.90. The van der Waals surface area contributed by atoms with Crippen molar-refractivity contribution < 1.29 is 22.7 Å². The highest BCUT2D eigenvalue weighted by molar-refractivity contribution is 9.10. The molecule has 4 rings (SSSR count). The van der Waals surface area contributed by atoms with Gasteiger partial charge in [-0.1, -0.05) is 54.1 Å². The zero-order valence-corrected chi connectivity index (χ0v) is 25.4. The van der Waals surface area contributed by atoms with Gasteiger partial charge in [0.1, 0.15) is 6.61 Å². The average Bonchev–Trinajstić information content (AvgIpc) is 2.96. The summed E-state index contributed by atoms with van der Waals surface area (Å²) in [5.74, 6) is 0.616. The maximum absolute atomic E-state index is 12.6. The number of rotatable bonds is 11. The van der Waals surface area contributed by atoms with Crippen LogP contribution in [-0.2, 0) is 23.2 Å². The van der Waals surface area contributed by atoms with E-state index in [0.717, 1.165) is 17.4 Å². The van der Waals surface area contributed by atoms with E-state index in [1.54, 1.807) is 72.8 Å². The van der Waals surface area contributed by atoms with E-state index in [-0.39, 0.29) is 6.54 Å². The molecule has 0 aromatic heterocycles. The van der Waals surface area contributed by atoms with Crippen molar-refractivity contribution in [1.29, 1.82) is 0 Å². The van der Waals surface area contributed by atoms with E-state index in [9.17, 15) is 13.2 Å². The molecule has 0 fully saturated rings. The van der Waals surface area contributed by atoms with Crippen molar-refractivity contribution in [3.8, 4) is 11.5 Å². The normalized spacial score (nSPS) is 11.3. The van der Waals surface area contributed by atoms with Crippen LogP contribution in [0.1, 0.15) is 27.0 Å². The Hall–Kier alpha value is -3.86. The Bertz CT molecular complexity index is 1630. The molecule has 8 nitrogen and oxygen atoms in total. The molecule has 0 heterocycles. The monoisotopic (exact) mass is 655 g/mol. The Kier molecular flexibility index (Phi) is 10.0. The minimum atomic E-state index is -3.50. The van der Waals surface area contributed by atoms with Gasteiger partial charge in [0, 0.05) is 10.6 Å². The molecule has 0 bridgehead atoms. The molecule has 1 amide bonds. The molecule has 41 heavy (non-hydrogen) atoms. The third kappa shape index (κ3) is 8.32. The van der Waals surface area contributed by atoms with Gasteiger partial charge in [-0.15, -0.1) is 0 Å². The van der Waals surface area contributed by atoms with Crippen LogP contribution >= 0.6 is 27.5 Å². The highest BCUT2D eigenvalue weighted by Crippen LogP contribution is 2.37. The molecule has 0 unspecified atom stereocenters. The van der Waals surface area contributed by atoms with Gasteiger partial charge in [-0.25, -0.2) is 13.8 Å². The van der Waals surface area contributed by atoms with Crippen LogP contribution in [-0.4, -0.2) is 33.9 Å². The lowest BCUT2D eigenvalue weighted by atomic mass is 10.1. The molecule has 1 N–H and O–H groups in total. The standard InChI is InChI=1S/C30H27BrClN3O5S/c1-39-28-17-23(16-27(31)29(28)40-20-22-10-14-25(32)15-11-22)18-33-34-30(36)24-12-8-21(9-13-24)19-35(41(2,37)38)26-6-4-3-5-7-26/h3-18H,19-20H2,1-2H3,(H,34,36)/b33-18-. The molecule has 4 aromatic rings. The minimum absolute atomic E-state index is 0.138. The molecule has 0 radical (unpaired) electrons. The number of nitrogens with one attached hydrogen (secondary N) is 1. The molecule has 0 atom stereocenters. The van der Waals surface area contributed by atoms with Gasteiger partial charge in [0.05, 0.1) is 36.3 Å². The smallest absolute Gasteiger partial charge is 0.271 e. The van der Waals surface area contributed by atoms with Crippen LogP contribution in [0, 0.1) is 0 Å². The first-order chi connectivity index (χ1) is 19.6. The predicted octanol–water partition coefficient (Wildman–Crippen LogP) is 6.42. The third-order valence-electron chi connectivity index (χ3n) is 5.91. The lowest BCUT2D eigenvalue weighted by Crippen LogP contribution is -2.29. The van der Waals surface area contributed by atoms with Gasteiger partial charge >= 0.3 is 0 Å². The molecule has 0 aliphatic heterocycles. The van der Waals surface area contributed by atoms with Gasteiger partial charge in [0.2, 0.25) is 10.0 Å². The number of anilines is 1. The number of para-hydroxylation sites is 1. The molecular formula is C30H27BrClN3O5S. The zero-order valence-electron chi connectivity index (χ0n) is 22.3. The topological polar surface area (TPSA) is 97.3 Å². The number of carbonyl (C=O) groups is 1. The first kappa shape index (κ1) is 30.1. The van der Waals surface area contributed by atoms with E-state index in [1.807, 2.05) is 18.2 Å². The molecule has 4 aromatic carbocycles. The number of hydrazone groups is 1. The number of amides is 1. The Morgan fingerprint density at radius 3 is 2.29 bits per heavy atom. The largest absolute Gasteiger partial charge is 0.493 e. The zero-order chi connectivity index (χ0) is 29.4. The second-order valence-corrected chi connectivity index (χ2v) is 12.1. The number of sulfonamides is 1. The van der Waals surface area contributed by atoms with Crippen molar-refractivity contribution >= 4 is 55.4 Å². The number of hydrogen-bond acceptors (Lipinski definition) is 6. The number of halogens is 2. The summed E-state index contributed by atoms with van der Waals surface area (Å²) in [7, 11) is -1.96. The highest BCUT2D eigenvalue weighted by Gasteiger charge is 2.18. The number of hydrogen-bond donors (Lipinski definition) is 1. The molecule has 0 saturated heterocycles. The Morgan fingerprint density at radius 2 is 1.66 bits per heavy atom. The number of nitrogens with zero attached hydrogens (tertiary/aromatic N) is 2. The van der Waals surface area contributed by atoms with E-state index in [4.69, 9.17) is 21.1 Å². The molecular weight excluding hydrogens is 630 g/mol. The van der Waals surface area contributed by atoms with Crippen molar-refractivity contribution in [3.05, 3.63) is 123 Å². The second-order valence-electron chi connectivity index (χ2n) is 8.95. The molecule has 212 valence electrons. The Labute approximate surface area is 252 Å². The molecule has 0 aliphatic carbocycles. The van der Waals surface area contributed by atoms with Gasteiger partial charge in [0.25, 0.3) is 5.91 Å². The summed E-state index contributed by atoms with van der Waals surface area (Å²) >= 11 is 9.46. The van der Waals surface area contributed by atoms with Crippen molar-refractivity contribution in [2.45, 2.75) is 13.2 Å². The Morgan fingerprint density at radius 1 is 1.00 bits per heavy atom. The fourth-order valence-corrected chi connectivity index (χ4v) is 5.43. The fourth-order valence-electron chi connectivity index (χ4n) is 3.84. The maximum Gasteiger partial charge on any atom is 0.271 e. The summed E-state index contributed by atoms with van der Waals surface area (Å²) in [5.41, 5.74) is 5.80. The van der Waals surface area contributed by atoms with Crippen LogP contribution in [0.3, 0.4) is 0 Å². The van der Waals surface area contributed by atoms with Crippen LogP contribution in [0.5, 0.6) is 11.5 Å². The Balaban J connectivity index is 1.38. The second kappa shape index (κ2) is 13.7. The first-order valence-corrected chi connectivity index (χ1v) is 15.4. The SMILES string of the molecule is COc1cc(/C=N\NC(=O)c2ccc(CN(c3ccccc3)S(C)(=O)=O)cc2)cc(Br)c1OCc1ccc(Cl)cc1. The summed E-state index contributed by atoms with van der Waals surface area (Å²) in [4.78, 5) is 12.6. The van der Waals surface area contributed by atoms with Crippen LogP contribution < -0.4 is 19.2 Å². The number of methoxy groups -OCH3 is 1. The maximum atomic E-state index is 12.6. The van der Waals surface area contributed by atoms with Gasteiger partial charge in [-0.2, -0.15) is 5.10 Å². The summed E-state index contributed by atoms with van der Waals surface area (Å²) in [5, 5.41) is 4.72. The predicted molar refractivity (Wildman–Crippen MR) is 165 cm³/mol. The van der Waals surface area contributed by atoms with Gasteiger partial charge in [-0.05, 0) is 81.2 Å². The van der Waals surface area contributed by atoms with Crippen molar-refractivity contribution in [3.63, 3.8) is 0 Å².